The van der Waals surface area contributed by atoms with Crippen LogP contribution in [0.1, 0.15) is 5.56 Å². The number of nitrogens with one attached hydrogen (secondary N) is 1. The van der Waals surface area contributed by atoms with Crippen LogP contribution in [0, 0.1) is 0 Å². The van der Waals surface area contributed by atoms with Gasteiger partial charge in [0.05, 0.1) is 0 Å². The maximum atomic E-state index is 5.16. The van der Waals surface area contributed by atoms with E-state index in [2.05, 4.69) is 10.7 Å². The summed E-state index contributed by atoms with van der Waals surface area (Å²) in [5.41, 5.74) is 3.24. The van der Waals surface area contributed by atoms with Crippen LogP contribution in [0.4, 0.5) is 0 Å². The molecule has 0 aliphatic carbocycles. The van der Waals surface area contributed by atoms with Gasteiger partial charge in [0.25, 0.3) is 0 Å². The number of rotatable bonds is 0. The molecule has 0 saturated heterocycles. The van der Waals surface area contributed by atoms with Crippen molar-refractivity contribution in [2.24, 2.45) is 5.10 Å². The summed E-state index contributed by atoms with van der Waals surface area (Å²) in [4.78, 5) is 9.98. The summed E-state index contributed by atoms with van der Waals surface area (Å²) in [6.07, 6.45) is 20.7. The molecule has 1 aromatic carbocycles. The molecule has 1 heterocycles. The lowest BCUT2D eigenvalue weighted by atomic mass is 10.2. The molecule has 0 atom stereocenters. The van der Waals surface area contributed by atoms with Crippen LogP contribution in [0.25, 0.3) is 6.08 Å². The highest BCUT2D eigenvalue weighted by molar-refractivity contribution is 5.71. The van der Waals surface area contributed by atoms with Crippen molar-refractivity contribution in [3.63, 3.8) is 0 Å². The second-order valence-electron chi connectivity index (χ2n) is 3.97. The van der Waals surface area contributed by atoms with E-state index in [9.17, 15) is 0 Å². The summed E-state index contributed by atoms with van der Waals surface area (Å²) in [7, 11) is 0. The molecule has 0 spiro atoms. The Kier molecular flexibility index (Phi) is 6.32. The van der Waals surface area contributed by atoms with Gasteiger partial charge in [-0.15, -0.1) is 5.59 Å². The Morgan fingerprint density at radius 2 is 1.43 bits per heavy atom. The van der Waals surface area contributed by atoms with Gasteiger partial charge < -0.3 is 4.89 Å². The molecule has 106 valence electrons. The van der Waals surface area contributed by atoms with Crippen LogP contribution in [0.15, 0.2) is 84.1 Å². The summed E-state index contributed by atoms with van der Waals surface area (Å²) in [5, 5.41) is 3.80. The number of para-hydroxylation sites is 1. The van der Waals surface area contributed by atoms with Crippen LogP contribution >= 0.6 is 0 Å². The fourth-order valence-corrected chi connectivity index (χ4v) is 1.51. The van der Waals surface area contributed by atoms with Gasteiger partial charge >= 0.3 is 0 Å². The average molecular weight is 280 g/mol. The topological polar surface area (TPSA) is 42.9 Å². The SMILES string of the molecule is C1=C/C=C\C=C/c2ccccc2OON/N=C\C=C\C=C1. The quantitative estimate of drug-likeness (QED) is 0.736. The molecule has 0 fully saturated rings. The van der Waals surface area contributed by atoms with Crippen molar-refractivity contribution in [3.05, 3.63) is 84.5 Å². The van der Waals surface area contributed by atoms with E-state index < -0.39 is 0 Å². The molecule has 1 aliphatic rings. The van der Waals surface area contributed by atoms with Gasteiger partial charge in [0, 0.05) is 11.8 Å². The summed E-state index contributed by atoms with van der Waals surface area (Å²) in [6.45, 7) is 0. The molecular weight excluding hydrogens is 264 g/mol. The van der Waals surface area contributed by atoms with Crippen LogP contribution in [0.5, 0.6) is 5.75 Å². The lowest BCUT2D eigenvalue weighted by Crippen LogP contribution is -2.10. The van der Waals surface area contributed by atoms with Gasteiger partial charge in [-0.3, -0.25) is 0 Å². The zero-order valence-corrected chi connectivity index (χ0v) is 11.4. The van der Waals surface area contributed by atoms with E-state index in [4.69, 9.17) is 9.88 Å². The normalized spacial score (nSPS) is 21.1. The molecule has 0 aromatic heterocycles. The number of hydrogen-bond donors (Lipinski definition) is 1. The van der Waals surface area contributed by atoms with Crippen molar-refractivity contribution in [1.82, 2.24) is 5.59 Å². The van der Waals surface area contributed by atoms with Gasteiger partial charge in [-0.1, -0.05) is 72.9 Å². The number of allylic oxidation sites excluding steroid dienone is 9. The fraction of sp³-hybridized carbons (Fsp3) is 0. The molecule has 1 aromatic rings. The lowest BCUT2D eigenvalue weighted by molar-refractivity contribution is -0.258. The standard InChI is InChI=1S/C17H16N2O2/c1-2-4-6-8-12-16-13-9-10-14-17(16)20-21-19-18-15-11-7-5-3-1/h1-15,19H/b2-1?,5-3?,6-4-,11-7+,12-8-,18-15-. The van der Waals surface area contributed by atoms with E-state index in [0.29, 0.717) is 5.75 Å². The first-order chi connectivity index (χ1) is 10.5. The largest absolute Gasteiger partial charge is 0.312 e. The van der Waals surface area contributed by atoms with E-state index in [-0.39, 0.29) is 0 Å². The zero-order chi connectivity index (χ0) is 14.6. The Morgan fingerprint density at radius 3 is 2.24 bits per heavy atom. The van der Waals surface area contributed by atoms with Crippen LogP contribution < -0.4 is 10.5 Å². The average Bonchev–Trinajstić information content (AvgIpc) is 2.52. The molecule has 0 saturated carbocycles. The first kappa shape index (κ1) is 14.6. The predicted octanol–water partition coefficient (Wildman–Crippen LogP) is 3.74. The van der Waals surface area contributed by atoms with Crippen LogP contribution in [-0.2, 0) is 4.99 Å². The fourth-order valence-electron chi connectivity index (χ4n) is 1.51. The molecule has 0 radical (unpaired) electrons. The maximum absolute atomic E-state index is 5.16. The number of hydrogen-bond acceptors (Lipinski definition) is 4. The first-order valence-corrected chi connectivity index (χ1v) is 6.51. The molecule has 2 rings (SSSR count). The van der Waals surface area contributed by atoms with E-state index in [1.54, 1.807) is 12.3 Å². The Hall–Kier alpha value is -2.85. The lowest BCUT2D eigenvalue weighted by Gasteiger charge is -2.05. The van der Waals surface area contributed by atoms with Crippen molar-refractivity contribution >= 4 is 12.3 Å². The molecule has 4 nitrogen and oxygen atoms in total. The van der Waals surface area contributed by atoms with Gasteiger partial charge in [-0.25, -0.2) is 0 Å². The third-order valence-electron chi connectivity index (χ3n) is 2.47. The van der Waals surface area contributed by atoms with Gasteiger partial charge in [0.15, 0.2) is 5.75 Å². The molecule has 1 N–H and O–H groups in total. The minimum Gasteiger partial charge on any atom is -0.312 e. The molecular formula is C17H16N2O2. The Balaban J connectivity index is 2.14. The van der Waals surface area contributed by atoms with E-state index in [1.807, 2.05) is 78.9 Å². The summed E-state index contributed by atoms with van der Waals surface area (Å²) in [5.74, 6) is 0.599. The van der Waals surface area contributed by atoms with E-state index >= 15 is 0 Å². The summed E-state index contributed by atoms with van der Waals surface area (Å²) >= 11 is 0. The van der Waals surface area contributed by atoms with Crippen molar-refractivity contribution in [2.45, 2.75) is 0 Å². The third kappa shape index (κ3) is 5.76. The molecule has 0 bridgehead atoms. The second-order valence-corrected chi connectivity index (χ2v) is 3.97. The molecule has 4 heteroatoms. The van der Waals surface area contributed by atoms with Gasteiger partial charge in [-0.2, -0.15) is 5.10 Å². The van der Waals surface area contributed by atoms with Crippen LogP contribution in [0.3, 0.4) is 0 Å². The van der Waals surface area contributed by atoms with Crippen molar-refractivity contribution in [2.75, 3.05) is 0 Å². The van der Waals surface area contributed by atoms with E-state index in [0.717, 1.165) is 5.56 Å². The zero-order valence-electron chi connectivity index (χ0n) is 11.4. The smallest absolute Gasteiger partial charge is 0.175 e. The predicted molar refractivity (Wildman–Crippen MR) is 85.4 cm³/mol. The molecule has 0 amide bonds. The third-order valence-corrected chi connectivity index (χ3v) is 2.47. The van der Waals surface area contributed by atoms with Gasteiger partial charge in [0.2, 0.25) is 0 Å². The van der Waals surface area contributed by atoms with E-state index in [1.165, 1.54) is 0 Å². The molecule has 1 aliphatic heterocycles. The highest BCUT2D eigenvalue weighted by Crippen LogP contribution is 2.19. The first-order valence-electron chi connectivity index (χ1n) is 6.51. The minimum atomic E-state index is 0.599. The second kappa shape index (κ2) is 9.12. The molecule has 21 heavy (non-hydrogen) atoms. The Morgan fingerprint density at radius 1 is 0.762 bits per heavy atom. The van der Waals surface area contributed by atoms with Gasteiger partial charge in [-0.05, 0) is 17.1 Å². The van der Waals surface area contributed by atoms with Crippen LogP contribution in [0.2, 0.25) is 0 Å². The molecule has 0 unspecified atom stereocenters. The van der Waals surface area contributed by atoms with Crippen molar-refractivity contribution in [1.29, 1.82) is 0 Å². The number of fused-ring (bicyclic) bond motifs is 1. The van der Waals surface area contributed by atoms with Crippen molar-refractivity contribution in [3.8, 4) is 5.75 Å². The van der Waals surface area contributed by atoms with Gasteiger partial charge in [0.1, 0.15) is 0 Å². The Bertz CT molecular complexity index is 611. The summed E-state index contributed by atoms with van der Waals surface area (Å²) in [6, 6.07) is 7.54. The van der Waals surface area contributed by atoms with Crippen molar-refractivity contribution < 1.29 is 9.88 Å². The summed E-state index contributed by atoms with van der Waals surface area (Å²) < 4.78 is 0. The minimum absolute atomic E-state index is 0.599. The number of benzene rings is 1. The Labute approximate surface area is 124 Å². The van der Waals surface area contributed by atoms with Crippen LogP contribution in [-0.4, -0.2) is 6.21 Å². The number of nitrogens with zero attached hydrogens (tertiary/aromatic N) is 1. The highest BCUT2D eigenvalue weighted by atomic mass is 17.3. The number of hydrazone groups is 1. The maximum Gasteiger partial charge on any atom is 0.175 e. The monoisotopic (exact) mass is 280 g/mol. The highest BCUT2D eigenvalue weighted by Gasteiger charge is 1.99.